The predicted molar refractivity (Wildman–Crippen MR) is 64.3 cm³/mol. The number of nitrogens with one attached hydrogen (secondary N) is 1. The molecule has 0 aromatic carbocycles. The van der Waals surface area contributed by atoms with Gasteiger partial charge in [0.25, 0.3) is 0 Å². The van der Waals surface area contributed by atoms with E-state index in [0.717, 1.165) is 13.1 Å². The van der Waals surface area contributed by atoms with Crippen LogP contribution in [0.3, 0.4) is 0 Å². The van der Waals surface area contributed by atoms with E-state index in [1.54, 1.807) is 0 Å². The Hall–Kier alpha value is -0.610. The predicted octanol–water partition coefficient (Wildman–Crippen LogP) is 0.869. The SMILES string of the molecule is COC(=O)C(C)C(C)NCCN1CCCC1. The summed E-state index contributed by atoms with van der Waals surface area (Å²) < 4.78 is 4.72. The van der Waals surface area contributed by atoms with Gasteiger partial charge < -0.3 is 15.0 Å². The fourth-order valence-electron chi connectivity index (χ4n) is 2.02. The normalized spacial score (nSPS) is 20.7. The highest BCUT2D eigenvalue weighted by Gasteiger charge is 2.20. The molecule has 2 atom stereocenters. The Bertz CT molecular complexity index is 215. The first-order valence-corrected chi connectivity index (χ1v) is 6.18. The Balaban J connectivity index is 2.13. The molecule has 0 aliphatic carbocycles. The van der Waals surface area contributed by atoms with E-state index in [1.807, 2.05) is 13.8 Å². The molecule has 0 aromatic heterocycles. The molecule has 2 unspecified atom stereocenters. The highest BCUT2D eigenvalue weighted by Crippen LogP contribution is 2.07. The molecule has 94 valence electrons. The molecular formula is C12H24N2O2. The summed E-state index contributed by atoms with van der Waals surface area (Å²) in [5.74, 6) is -0.218. The molecule has 4 heteroatoms. The Morgan fingerprint density at radius 2 is 2.00 bits per heavy atom. The van der Waals surface area contributed by atoms with Crippen LogP contribution in [0.4, 0.5) is 0 Å². The van der Waals surface area contributed by atoms with Gasteiger partial charge in [0, 0.05) is 19.1 Å². The first-order valence-electron chi connectivity index (χ1n) is 6.18. The Morgan fingerprint density at radius 1 is 1.38 bits per heavy atom. The van der Waals surface area contributed by atoms with Crippen molar-refractivity contribution in [3.8, 4) is 0 Å². The van der Waals surface area contributed by atoms with E-state index in [9.17, 15) is 4.79 Å². The van der Waals surface area contributed by atoms with Crippen molar-refractivity contribution in [2.45, 2.75) is 32.7 Å². The summed E-state index contributed by atoms with van der Waals surface area (Å²) in [5, 5.41) is 3.38. The number of methoxy groups -OCH3 is 1. The number of nitrogens with zero attached hydrogens (tertiary/aromatic N) is 1. The summed E-state index contributed by atoms with van der Waals surface area (Å²) in [7, 11) is 1.44. The molecule has 0 radical (unpaired) electrons. The number of hydrogen-bond acceptors (Lipinski definition) is 4. The topological polar surface area (TPSA) is 41.6 Å². The summed E-state index contributed by atoms with van der Waals surface area (Å²) in [4.78, 5) is 13.8. The van der Waals surface area contributed by atoms with Crippen molar-refractivity contribution < 1.29 is 9.53 Å². The summed E-state index contributed by atoms with van der Waals surface area (Å²) in [6.45, 7) is 8.41. The lowest BCUT2D eigenvalue weighted by atomic mass is 10.0. The molecule has 1 rings (SSSR count). The summed E-state index contributed by atoms with van der Waals surface area (Å²) >= 11 is 0. The van der Waals surface area contributed by atoms with Gasteiger partial charge in [-0.15, -0.1) is 0 Å². The number of hydrogen-bond donors (Lipinski definition) is 1. The summed E-state index contributed by atoms with van der Waals surface area (Å²) in [5.41, 5.74) is 0. The second kappa shape index (κ2) is 6.86. The van der Waals surface area contributed by atoms with E-state index in [4.69, 9.17) is 4.74 Å². The Morgan fingerprint density at radius 3 is 2.56 bits per heavy atom. The molecular weight excluding hydrogens is 204 g/mol. The average molecular weight is 228 g/mol. The van der Waals surface area contributed by atoms with Gasteiger partial charge in [0.2, 0.25) is 0 Å². The second-order valence-electron chi connectivity index (χ2n) is 4.60. The molecule has 0 amide bonds. The third-order valence-corrected chi connectivity index (χ3v) is 3.42. The van der Waals surface area contributed by atoms with Crippen LogP contribution in [0.2, 0.25) is 0 Å². The van der Waals surface area contributed by atoms with Crippen molar-refractivity contribution in [1.82, 2.24) is 10.2 Å². The second-order valence-corrected chi connectivity index (χ2v) is 4.60. The maximum absolute atomic E-state index is 11.3. The van der Waals surface area contributed by atoms with Gasteiger partial charge in [-0.3, -0.25) is 4.79 Å². The number of carbonyl (C=O) groups is 1. The van der Waals surface area contributed by atoms with Crippen molar-refractivity contribution >= 4 is 5.97 Å². The van der Waals surface area contributed by atoms with Crippen molar-refractivity contribution in [1.29, 1.82) is 0 Å². The minimum atomic E-state index is -0.138. The summed E-state index contributed by atoms with van der Waals surface area (Å²) in [6.07, 6.45) is 2.65. The number of rotatable bonds is 6. The third-order valence-electron chi connectivity index (χ3n) is 3.42. The molecule has 1 saturated heterocycles. The molecule has 16 heavy (non-hydrogen) atoms. The molecule has 1 fully saturated rings. The van der Waals surface area contributed by atoms with Crippen molar-refractivity contribution in [2.75, 3.05) is 33.3 Å². The van der Waals surface area contributed by atoms with Crippen LogP contribution in [0.25, 0.3) is 0 Å². The smallest absolute Gasteiger partial charge is 0.309 e. The number of esters is 1. The van der Waals surface area contributed by atoms with Crippen LogP contribution in [0.15, 0.2) is 0 Å². The standard InChI is InChI=1S/C12H24N2O2/c1-10(12(15)16-3)11(2)13-6-9-14-7-4-5-8-14/h10-11,13H,4-9H2,1-3H3. The summed E-state index contributed by atoms with van der Waals surface area (Å²) in [6, 6.07) is 0.176. The highest BCUT2D eigenvalue weighted by molar-refractivity contribution is 5.72. The van der Waals surface area contributed by atoms with Crippen LogP contribution in [-0.2, 0) is 9.53 Å². The van der Waals surface area contributed by atoms with E-state index in [2.05, 4.69) is 10.2 Å². The fourth-order valence-corrected chi connectivity index (χ4v) is 2.02. The zero-order valence-electron chi connectivity index (χ0n) is 10.7. The fraction of sp³-hybridized carbons (Fsp3) is 0.917. The lowest BCUT2D eigenvalue weighted by molar-refractivity contribution is -0.145. The molecule has 1 N–H and O–H groups in total. The monoisotopic (exact) mass is 228 g/mol. The molecule has 1 heterocycles. The van der Waals surface area contributed by atoms with E-state index in [-0.39, 0.29) is 17.9 Å². The van der Waals surface area contributed by atoms with Gasteiger partial charge in [-0.05, 0) is 32.9 Å². The molecule has 0 aromatic rings. The first-order chi connectivity index (χ1) is 7.65. The van der Waals surface area contributed by atoms with Crippen LogP contribution in [-0.4, -0.2) is 50.2 Å². The van der Waals surface area contributed by atoms with Gasteiger partial charge >= 0.3 is 5.97 Å². The van der Waals surface area contributed by atoms with Gasteiger partial charge in [0.15, 0.2) is 0 Å². The van der Waals surface area contributed by atoms with Gasteiger partial charge in [0.05, 0.1) is 13.0 Å². The minimum Gasteiger partial charge on any atom is -0.469 e. The van der Waals surface area contributed by atoms with Crippen molar-refractivity contribution in [3.05, 3.63) is 0 Å². The highest BCUT2D eigenvalue weighted by atomic mass is 16.5. The van der Waals surface area contributed by atoms with E-state index in [0.29, 0.717) is 0 Å². The average Bonchev–Trinajstić information content (AvgIpc) is 2.79. The van der Waals surface area contributed by atoms with E-state index >= 15 is 0 Å². The number of ether oxygens (including phenoxy) is 1. The Labute approximate surface area is 98.3 Å². The molecule has 1 aliphatic rings. The number of likely N-dealkylation sites (tertiary alicyclic amines) is 1. The van der Waals surface area contributed by atoms with Gasteiger partial charge in [-0.25, -0.2) is 0 Å². The first kappa shape index (κ1) is 13.5. The van der Waals surface area contributed by atoms with E-state index < -0.39 is 0 Å². The minimum absolute atomic E-state index is 0.0800. The van der Waals surface area contributed by atoms with Gasteiger partial charge in [-0.2, -0.15) is 0 Å². The van der Waals surface area contributed by atoms with E-state index in [1.165, 1.54) is 33.0 Å². The lowest BCUT2D eigenvalue weighted by Crippen LogP contribution is -2.40. The third kappa shape index (κ3) is 4.10. The molecule has 0 saturated carbocycles. The van der Waals surface area contributed by atoms with Crippen LogP contribution < -0.4 is 5.32 Å². The van der Waals surface area contributed by atoms with Crippen molar-refractivity contribution in [2.24, 2.45) is 5.92 Å². The molecule has 1 aliphatic heterocycles. The largest absolute Gasteiger partial charge is 0.469 e. The maximum Gasteiger partial charge on any atom is 0.309 e. The quantitative estimate of drug-likeness (QED) is 0.685. The molecule has 0 bridgehead atoms. The lowest BCUT2D eigenvalue weighted by Gasteiger charge is -2.21. The van der Waals surface area contributed by atoms with Gasteiger partial charge in [-0.1, -0.05) is 6.92 Å². The zero-order chi connectivity index (χ0) is 12.0. The Kier molecular flexibility index (Phi) is 5.77. The number of carbonyl (C=O) groups excluding carboxylic acids is 1. The van der Waals surface area contributed by atoms with Crippen LogP contribution in [0, 0.1) is 5.92 Å². The molecule has 0 spiro atoms. The maximum atomic E-state index is 11.3. The van der Waals surface area contributed by atoms with Gasteiger partial charge in [0.1, 0.15) is 0 Å². The zero-order valence-corrected chi connectivity index (χ0v) is 10.7. The van der Waals surface area contributed by atoms with Crippen LogP contribution in [0.1, 0.15) is 26.7 Å². The van der Waals surface area contributed by atoms with Crippen molar-refractivity contribution in [3.63, 3.8) is 0 Å². The van der Waals surface area contributed by atoms with Crippen LogP contribution in [0.5, 0.6) is 0 Å². The van der Waals surface area contributed by atoms with Crippen LogP contribution >= 0.6 is 0 Å². The molecule has 4 nitrogen and oxygen atoms in total.